The molecule has 162 valence electrons. The molecule has 1 amide bonds. The Morgan fingerprint density at radius 3 is 2.53 bits per heavy atom. The summed E-state index contributed by atoms with van der Waals surface area (Å²) in [5.41, 5.74) is 1.92. The van der Waals surface area contributed by atoms with Gasteiger partial charge in [-0.3, -0.25) is 14.6 Å². The number of halogens is 3. The molecule has 0 saturated heterocycles. The third-order valence-corrected chi connectivity index (χ3v) is 3.97. The third-order valence-electron chi connectivity index (χ3n) is 3.97. The molecule has 0 bridgehead atoms. The van der Waals surface area contributed by atoms with E-state index in [0.29, 0.717) is 28.9 Å². The summed E-state index contributed by atoms with van der Waals surface area (Å²) in [6.07, 6.45) is -3.95. The molecule has 2 rings (SSSR count). The van der Waals surface area contributed by atoms with Crippen LogP contribution in [0.1, 0.15) is 40.7 Å². The Labute approximate surface area is 171 Å². The van der Waals surface area contributed by atoms with Crippen LogP contribution >= 0.6 is 0 Å². The van der Waals surface area contributed by atoms with Crippen molar-refractivity contribution in [2.75, 3.05) is 13.7 Å². The molecule has 0 aliphatic heterocycles. The van der Waals surface area contributed by atoms with Gasteiger partial charge in [0.05, 0.1) is 7.11 Å². The Balaban J connectivity index is 2.07. The molecule has 2 aromatic rings. The van der Waals surface area contributed by atoms with Crippen molar-refractivity contribution in [1.29, 1.82) is 0 Å². The zero-order chi connectivity index (χ0) is 22.3. The number of methoxy groups -OCH3 is 1. The molecule has 1 N–H and O–H groups in total. The van der Waals surface area contributed by atoms with E-state index in [1.54, 1.807) is 26.0 Å². The van der Waals surface area contributed by atoms with Crippen LogP contribution in [0.5, 0.6) is 11.8 Å². The summed E-state index contributed by atoms with van der Waals surface area (Å²) >= 11 is 0. The maximum absolute atomic E-state index is 12.5. The number of nitrogens with zero attached hydrogens (tertiary/aromatic N) is 2. The number of aromatic nitrogens is 2. The average Bonchev–Trinajstić information content (AvgIpc) is 2.69. The standard InChI is InChI=1S/C20H22F3N3O4/c1-4-16(27)9-15-8-14(7-12(2)25-15)18(28)24-10-13-5-6-17(26-19(13)29-3)30-11-20(21,22)23/h5-8H,4,9-11H2,1-3H3,(H,24,28). The monoisotopic (exact) mass is 425 g/mol. The molecule has 7 nitrogen and oxygen atoms in total. The highest BCUT2D eigenvalue weighted by molar-refractivity contribution is 5.94. The Morgan fingerprint density at radius 1 is 1.17 bits per heavy atom. The number of ketones is 1. The molecular formula is C20H22F3N3O4. The highest BCUT2D eigenvalue weighted by Gasteiger charge is 2.28. The number of carbonyl (C=O) groups excluding carboxylic acids is 2. The van der Waals surface area contributed by atoms with Crippen LogP contribution in [-0.2, 0) is 17.8 Å². The van der Waals surface area contributed by atoms with E-state index in [9.17, 15) is 22.8 Å². The molecule has 0 unspecified atom stereocenters. The van der Waals surface area contributed by atoms with Gasteiger partial charge in [-0.05, 0) is 25.1 Å². The fraction of sp³-hybridized carbons (Fsp3) is 0.400. The summed E-state index contributed by atoms with van der Waals surface area (Å²) in [5, 5.41) is 2.69. The number of pyridine rings is 2. The van der Waals surface area contributed by atoms with E-state index in [1.165, 1.54) is 19.2 Å². The maximum atomic E-state index is 12.5. The number of alkyl halides is 3. The highest BCUT2D eigenvalue weighted by atomic mass is 19.4. The normalized spacial score (nSPS) is 11.1. The summed E-state index contributed by atoms with van der Waals surface area (Å²) in [6.45, 7) is 2.04. The predicted molar refractivity (Wildman–Crippen MR) is 101 cm³/mol. The predicted octanol–water partition coefficient (Wildman–Crippen LogP) is 3.19. The largest absolute Gasteiger partial charge is 0.481 e. The molecule has 10 heteroatoms. The lowest BCUT2D eigenvalue weighted by Crippen LogP contribution is -2.24. The number of Topliss-reactive ketones (excluding diaryl/α,β-unsaturated/α-hetero) is 1. The number of hydrogen-bond acceptors (Lipinski definition) is 6. The minimum absolute atomic E-state index is 0.0168. The molecule has 0 aliphatic rings. The number of nitrogens with one attached hydrogen (secondary N) is 1. The summed E-state index contributed by atoms with van der Waals surface area (Å²) in [7, 11) is 1.31. The number of amides is 1. The first-order chi connectivity index (χ1) is 14.1. The summed E-state index contributed by atoms with van der Waals surface area (Å²) in [6, 6.07) is 5.88. The summed E-state index contributed by atoms with van der Waals surface area (Å²) in [4.78, 5) is 32.3. The van der Waals surface area contributed by atoms with Crippen LogP contribution in [0, 0.1) is 6.92 Å². The molecule has 0 fully saturated rings. The van der Waals surface area contributed by atoms with Gasteiger partial charge >= 0.3 is 6.18 Å². The SMILES string of the molecule is CCC(=O)Cc1cc(C(=O)NCc2ccc(OCC(F)(F)F)nc2OC)cc(C)n1. The van der Waals surface area contributed by atoms with Gasteiger partial charge in [0, 0.05) is 48.0 Å². The number of carbonyl (C=O) groups is 2. The van der Waals surface area contributed by atoms with Gasteiger partial charge in [-0.15, -0.1) is 0 Å². The van der Waals surface area contributed by atoms with Crippen LogP contribution in [0.4, 0.5) is 13.2 Å². The van der Waals surface area contributed by atoms with Crippen molar-refractivity contribution in [3.05, 3.63) is 46.8 Å². The molecule has 0 radical (unpaired) electrons. The van der Waals surface area contributed by atoms with Gasteiger partial charge in [-0.25, -0.2) is 0 Å². The second kappa shape index (κ2) is 10.0. The van der Waals surface area contributed by atoms with E-state index in [1.807, 2.05) is 0 Å². The van der Waals surface area contributed by atoms with Crippen LogP contribution in [0.3, 0.4) is 0 Å². The van der Waals surface area contributed by atoms with Crippen LogP contribution in [-0.4, -0.2) is 41.6 Å². The zero-order valence-electron chi connectivity index (χ0n) is 16.8. The van der Waals surface area contributed by atoms with Gasteiger partial charge in [0.15, 0.2) is 6.61 Å². The second-order valence-corrected chi connectivity index (χ2v) is 6.46. The van der Waals surface area contributed by atoms with Crippen molar-refractivity contribution in [3.63, 3.8) is 0 Å². The fourth-order valence-corrected chi connectivity index (χ4v) is 2.56. The first-order valence-corrected chi connectivity index (χ1v) is 9.12. The molecule has 30 heavy (non-hydrogen) atoms. The smallest absolute Gasteiger partial charge is 0.422 e. The molecule has 0 atom stereocenters. The van der Waals surface area contributed by atoms with Gasteiger partial charge in [-0.2, -0.15) is 18.2 Å². The highest BCUT2D eigenvalue weighted by Crippen LogP contribution is 2.22. The first-order valence-electron chi connectivity index (χ1n) is 9.12. The molecule has 2 heterocycles. The number of ether oxygens (including phenoxy) is 2. The molecule has 2 aromatic heterocycles. The molecule has 0 spiro atoms. The summed E-state index contributed by atoms with van der Waals surface area (Å²) in [5.74, 6) is -0.586. The van der Waals surface area contributed by atoms with Gasteiger partial charge in [0.2, 0.25) is 11.8 Å². The topological polar surface area (TPSA) is 90.4 Å². The lowest BCUT2D eigenvalue weighted by atomic mass is 10.1. The second-order valence-electron chi connectivity index (χ2n) is 6.46. The van der Waals surface area contributed by atoms with E-state index >= 15 is 0 Å². The lowest BCUT2D eigenvalue weighted by molar-refractivity contribution is -0.154. The number of rotatable bonds is 9. The van der Waals surface area contributed by atoms with Crippen molar-refractivity contribution < 1.29 is 32.2 Å². The van der Waals surface area contributed by atoms with E-state index in [0.717, 1.165) is 0 Å². The number of hydrogen-bond donors (Lipinski definition) is 1. The van der Waals surface area contributed by atoms with Crippen molar-refractivity contribution in [2.45, 2.75) is 39.4 Å². The Bertz CT molecular complexity index is 917. The minimum atomic E-state index is -4.48. The van der Waals surface area contributed by atoms with Crippen LogP contribution in [0.25, 0.3) is 0 Å². The number of aryl methyl sites for hydroxylation is 1. The van der Waals surface area contributed by atoms with E-state index in [-0.39, 0.29) is 30.5 Å². The van der Waals surface area contributed by atoms with Gasteiger partial charge in [0.1, 0.15) is 5.78 Å². The Kier molecular flexibility index (Phi) is 7.73. The quantitative estimate of drug-likeness (QED) is 0.664. The third kappa shape index (κ3) is 7.02. The lowest BCUT2D eigenvalue weighted by Gasteiger charge is -2.13. The average molecular weight is 425 g/mol. The van der Waals surface area contributed by atoms with E-state index in [4.69, 9.17) is 4.74 Å². The Hall–Kier alpha value is -3.17. The molecule has 0 aliphatic carbocycles. The summed E-state index contributed by atoms with van der Waals surface area (Å²) < 4.78 is 46.5. The van der Waals surface area contributed by atoms with Gasteiger partial charge in [-0.1, -0.05) is 6.92 Å². The van der Waals surface area contributed by atoms with E-state index in [2.05, 4.69) is 20.0 Å². The van der Waals surface area contributed by atoms with Crippen molar-refractivity contribution in [2.24, 2.45) is 0 Å². The van der Waals surface area contributed by atoms with Crippen LogP contribution < -0.4 is 14.8 Å². The van der Waals surface area contributed by atoms with Crippen LogP contribution in [0.2, 0.25) is 0 Å². The van der Waals surface area contributed by atoms with Gasteiger partial charge in [0.25, 0.3) is 5.91 Å². The van der Waals surface area contributed by atoms with Gasteiger partial charge < -0.3 is 14.8 Å². The Morgan fingerprint density at radius 2 is 1.90 bits per heavy atom. The van der Waals surface area contributed by atoms with Crippen molar-refractivity contribution in [1.82, 2.24) is 15.3 Å². The molecular weight excluding hydrogens is 403 g/mol. The first kappa shape index (κ1) is 23.1. The molecule has 0 saturated carbocycles. The molecule has 0 aromatic carbocycles. The minimum Gasteiger partial charge on any atom is -0.481 e. The zero-order valence-corrected chi connectivity index (χ0v) is 16.8. The van der Waals surface area contributed by atoms with Crippen LogP contribution in [0.15, 0.2) is 24.3 Å². The van der Waals surface area contributed by atoms with E-state index < -0.39 is 18.7 Å². The van der Waals surface area contributed by atoms with Crippen molar-refractivity contribution >= 4 is 11.7 Å². The van der Waals surface area contributed by atoms with Crippen molar-refractivity contribution in [3.8, 4) is 11.8 Å². The fourth-order valence-electron chi connectivity index (χ4n) is 2.56. The maximum Gasteiger partial charge on any atom is 0.422 e.